The molecular weight excluding hydrogens is 395 g/mol. The molecule has 2 aromatic carbocycles. The number of nitrogens with zero attached hydrogens (tertiary/aromatic N) is 2. The zero-order valence-corrected chi connectivity index (χ0v) is 16.7. The third-order valence-corrected chi connectivity index (χ3v) is 5.80. The maximum absolute atomic E-state index is 12.5. The van der Waals surface area contributed by atoms with E-state index < -0.39 is 0 Å². The van der Waals surface area contributed by atoms with Gasteiger partial charge in [-0.05, 0) is 18.2 Å². The van der Waals surface area contributed by atoms with Crippen molar-refractivity contribution in [1.82, 2.24) is 4.57 Å². The van der Waals surface area contributed by atoms with Gasteiger partial charge in [0.25, 0.3) is 5.91 Å². The molecule has 1 aromatic heterocycles. The summed E-state index contributed by atoms with van der Waals surface area (Å²) >= 11 is 13.7. The van der Waals surface area contributed by atoms with Crippen LogP contribution in [0.25, 0.3) is 10.2 Å². The van der Waals surface area contributed by atoms with E-state index in [4.69, 9.17) is 32.7 Å². The third kappa shape index (κ3) is 3.58. The number of fused-ring (bicyclic) bond motifs is 1. The van der Waals surface area contributed by atoms with Crippen LogP contribution in [0.1, 0.15) is 5.56 Å². The molecule has 0 bridgehead atoms. The zero-order chi connectivity index (χ0) is 18.8. The Bertz CT molecular complexity index is 1060. The molecular formula is C18H16Cl2N2O3S. The molecule has 0 saturated carbocycles. The summed E-state index contributed by atoms with van der Waals surface area (Å²) in [5.41, 5.74) is 1.50. The van der Waals surface area contributed by atoms with Crippen LogP contribution in [-0.4, -0.2) is 24.7 Å². The third-order valence-electron chi connectivity index (χ3n) is 3.91. The van der Waals surface area contributed by atoms with Crippen LogP contribution in [0.3, 0.4) is 0 Å². The summed E-state index contributed by atoms with van der Waals surface area (Å²) in [6.45, 7) is 0. The predicted octanol–water partition coefficient (Wildman–Crippen LogP) is 4.23. The fraction of sp³-hybridized carbons (Fsp3) is 0.222. The van der Waals surface area contributed by atoms with E-state index in [9.17, 15) is 4.79 Å². The molecule has 26 heavy (non-hydrogen) atoms. The van der Waals surface area contributed by atoms with E-state index in [-0.39, 0.29) is 12.3 Å². The highest BCUT2D eigenvalue weighted by Crippen LogP contribution is 2.31. The van der Waals surface area contributed by atoms with Crippen LogP contribution in [0.5, 0.6) is 11.5 Å². The maximum atomic E-state index is 12.5. The van der Waals surface area contributed by atoms with Crippen molar-refractivity contribution in [3.8, 4) is 11.5 Å². The minimum atomic E-state index is -0.280. The second-order valence-corrected chi connectivity index (χ2v) is 7.31. The normalized spacial score (nSPS) is 11.8. The summed E-state index contributed by atoms with van der Waals surface area (Å²) in [6.07, 6.45) is 0.121. The van der Waals surface area contributed by atoms with Crippen LogP contribution in [0.4, 0.5) is 0 Å². The number of aromatic nitrogens is 1. The summed E-state index contributed by atoms with van der Waals surface area (Å²) in [4.78, 5) is 17.3. The van der Waals surface area contributed by atoms with Gasteiger partial charge in [0.05, 0.1) is 40.9 Å². The van der Waals surface area contributed by atoms with E-state index in [0.717, 1.165) is 15.8 Å². The lowest BCUT2D eigenvalue weighted by atomic mass is 10.1. The van der Waals surface area contributed by atoms with Crippen molar-refractivity contribution in [2.24, 2.45) is 12.0 Å². The first-order valence-corrected chi connectivity index (χ1v) is 9.23. The van der Waals surface area contributed by atoms with Crippen molar-refractivity contribution in [1.29, 1.82) is 0 Å². The lowest BCUT2D eigenvalue weighted by Gasteiger charge is -2.08. The molecule has 0 unspecified atom stereocenters. The molecule has 0 N–H and O–H groups in total. The molecule has 3 rings (SSSR count). The largest absolute Gasteiger partial charge is 0.497 e. The van der Waals surface area contributed by atoms with E-state index in [1.54, 1.807) is 50.1 Å². The van der Waals surface area contributed by atoms with Crippen LogP contribution in [0, 0.1) is 0 Å². The smallest absolute Gasteiger partial charge is 0.252 e. The zero-order valence-electron chi connectivity index (χ0n) is 14.4. The molecule has 1 amide bonds. The number of hydrogen-bond acceptors (Lipinski definition) is 4. The number of hydrogen-bond donors (Lipinski definition) is 0. The Morgan fingerprint density at radius 1 is 1.19 bits per heavy atom. The van der Waals surface area contributed by atoms with Crippen molar-refractivity contribution < 1.29 is 14.3 Å². The van der Waals surface area contributed by atoms with Crippen LogP contribution >= 0.6 is 34.5 Å². The summed E-state index contributed by atoms with van der Waals surface area (Å²) in [7, 11) is 4.94. The van der Waals surface area contributed by atoms with Crippen molar-refractivity contribution in [2.45, 2.75) is 6.42 Å². The highest BCUT2D eigenvalue weighted by atomic mass is 35.5. The highest BCUT2D eigenvalue weighted by molar-refractivity contribution is 7.16. The summed E-state index contributed by atoms with van der Waals surface area (Å²) < 4.78 is 13.2. The number of halogens is 2. The van der Waals surface area contributed by atoms with Crippen molar-refractivity contribution in [3.63, 3.8) is 0 Å². The minimum absolute atomic E-state index is 0.121. The van der Waals surface area contributed by atoms with Crippen LogP contribution in [-0.2, 0) is 18.3 Å². The summed E-state index contributed by atoms with van der Waals surface area (Å²) in [5.74, 6) is 0.971. The molecule has 0 radical (unpaired) electrons. The number of methoxy groups -OCH3 is 2. The van der Waals surface area contributed by atoms with Gasteiger partial charge < -0.3 is 14.0 Å². The van der Waals surface area contributed by atoms with E-state index in [0.29, 0.717) is 26.3 Å². The number of carbonyl (C=O) groups is 1. The molecule has 0 saturated heterocycles. The first-order chi connectivity index (χ1) is 12.4. The quantitative estimate of drug-likeness (QED) is 0.646. The van der Waals surface area contributed by atoms with Gasteiger partial charge in [0.2, 0.25) is 0 Å². The molecule has 1 heterocycles. The SMILES string of the molecule is COc1ccc(CC(=O)N=c2sc3ccc(Cl)c(Cl)c3n2C)c(OC)c1. The highest BCUT2D eigenvalue weighted by Gasteiger charge is 2.13. The lowest BCUT2D eigenvalue weighted by Crippen LogP contribution is -2.14. The van der Waals surface area contributed by atoms with Gasteiger partial charge in [-0.1, -0.05) is 40.6 Å². The number of thiazole rings is 1. The Kier molecular flexibility index (Phi) is 5.55. The van der Waals surface area contributed by atoms with E-state index in [2.05, 4.69) is 4.99 Å². The average Bonchev–Trinajstić information content (AvgIpc) is 2.94. The Hall–Kier alpha value is -2.02. The average molecular weight is 411 g/mol. The first kappa shape index (κ1) is 18.8. The first-order valence-electron chi connectivity index (χ1n) is 7.66. The van der Waals surface area contributed by atoms with E-state index in [1.807, 2.05) is 6.07 Å². The molecule has 0 aliphatic heterocycles. The van der Waals surface area contributed by atoms with Crippen LogP contribution in [0.2, 0.25) is 10.0 Å². The standard InChI is InChI=1S/C18H16Cl2N2O3S/c1-22-17-14(7-6-12(19)16(17)20)26-18(22)21-15(23)8-10-4-5-11(24-2)9-13(10)25-3/h4-7,9H,8H2,1-3H3. The topological polar surface area (TPSA) is 52.8 Å². The number of benzene rings is 2. The van der Waals surface area contributed by atoms with Gasteiger partial charge in [-0.2, -0.15) is 4.99 Å². The van der Waals surface area contributed by atoms with Gasteiger partial charge >= 0.3 is 0 Å². The monoisotopic (exact) mass is 410 g/mol. The summed E-state index contributed by atoms with van der Waals surface area (Å²) in [6, 6.07) is 8.92. The number of ether oxygens (including phenoxy) is 2. The Morgan fingerprint density at radius 2 is 1.96 bits per heavy atom. The second-order valence-electron chi connectivity index (χ2n) is 5.51. The molecule has 3 aromatic rings. The Balaban J connectivity index is 1.96. The molecule has 0 aliphatic rings. The molecule has 0 spiro atoms. The molecule has 0 aliphatic carbocycles. The Labute approximate surface area is 164 Å². The molecule has 0 atom stereocenters. The summed E-state index contributed by atoms with van der Waals surface area (Å²) in [5, 5.41) is 0.919. The van der Waals surface area contributed by atoms with Gasteiger partial charge in [-0.15, -0.1) is 0 Å². The number of aryl methyl sites for hydroxylation is 1. The van der Waals surface area contributed by atoms with Gasteiger partial charge in [-0.25, -0.2) is 0 Å². The molecule has 8 heteroatoms. The van der Waals surface area contributed by atoms with Crippen molar-refractivity contribution >= 4 is 50.7 Å². The Morgan fingerprint density at radius 3 is 2.65 bits per heavy atom. The van der Waals surface area contributed by atoms with Crippen molar-refractivity contribution in [3.05, 3.63) is 50.7 Å². The number of rotatable bonds is 4. The molecule has 0 fully saturated rings. The predicted molar refractivity (Wildman–Crippen MR) is 105 cm³/mol. The number of amides is 1. The molecule has 5 nitrogen and oxygen atoms in total. The van der Waals surface area contributed by atoms with Gasteiger partial charge in [0, 0.05) is 18.7 Å². The minimum Gasteiger partial charge on any atom is -0.497 e. The lowest BCUT2D eigenvalue weighted by molar-refractivity contribution is -0.117. The van der Waals surface area contributed by atoms with Crippen LogP contribution in [0.15, 0.2) is 35.3 Å². The maximum Gasteiger partial charge on any atom is 0.252 e. The number of carbonyl (C=O) groups excluding carboxylic acids is 1. The van der Waals surface area contributed by atoms with Gasteiger partial charge in [0.1, 0.15) is 11.5 Å². The second kappa shape index (κ2) is 7.70. The van der Waals surface area contributed by atoms with E-state index >= 15 is 0 Å². The van der Waals surface area contributed by atoms with E-state index in [1.165, 1.54) is 11.3 Å². The fourth-order valence-corrected chi connectivity index (χ4v) is 4.13. The molecule has 136 valence electrons. The van der Waals surface area contributed by atoms with Gasteiger partial charge in [0.15, 0.2) is 4.80 Å². The van der Waals surface area contributed by atoms with Gasteiger partial charge in [-0.3, -0.25) is 4.79 Å². The van der Waals surface area contributed by atoms with Crippen molar-refractivity contribution in [2.75, 3.05) is 14.2 Å². The fourth-order valence-electron chi connectivity index (χ4n) is 2.58. The van der Waals surface area contributed by atoms with Crippen LogP contribution < -0.4 is 14.3 Å².